The van der Waals surface area contributed by atoms with Crippen LogP contribution in [0.15, 0.2) is 12.1 Å². The first-order valence-electron chi connectivity index (χ1n) is 5.12. The number of aromatic nitrogens is 1. The lowest BCUT2D eigenvalue weighted by Crippen LogP contribution is -2.52. The molecule has 0 bridgehead atoms. The van der Waals surface area contributed by atoms with E-state index in [1.165, 1.54) is 0 Å². The monoisotopic (exact) mass is 239 g/mol. The third kappa shape index (κ3) is 1.97. The van der Waals surface area contributed by atoms with E-state index in [1.54, 1.807) is 12.1 Å². The lowest BCUT2D eigenvalue weighted by atomic mass is 9.91. The van der Waals surface area contributed by atoms with Crippen molar-refractivity contribution in [2.24, 2.45) is 5.41 Å². The maximum absolute atomic E-state index is 11.8. The Morgan fingerprint density at radius 2 is 2.00 bits per heavy atom. The number of nitrogens with one attached hydrogen (secondary N) is 2. The zero-order valence-corrected chi connectivity index (χ0v) is 10.2. The summed E-state index contributed by atoms with van der Waals surface area (Å²) in [6.45, 7) is 6.13. The Labute approximate surface area is 99.4 Å². The fourth-order valence-electron chi connectivity index (χ4n) is 1.54. The standard InChI is InChI=1S/C11H14ClN3O/c1-11(2,3)10-14-8-6(9(16)15-10)4-5-7(12)13-8/h4-5,10H,1-3H3,(H,13,14)(H,15,16). The summed E-state index contributed by atoms with van der Waals surface area (Å²) in [6.07, 6.45) is -0.140. The van der Waals surface area contributed by atoms with Crippen LogP contribution in [0.2, 0.25) is 5.15 Å². The molecule has 1 aliphatic rings. The van der Waals surface area contributed by atoms with Crippen molar-refractivity contribution in [2.75, 3.05) is 5.32 Å². The van der Waals surface area contributed by atoms with Gasteiger partial charge in [-0.2, -0.15) is 0 Å². The summed E-state index contributed by atoms with van der Waals surface area (Å²) >= 11 is 5.80. The molecule has 1 aromatic heterocycles. The van der Waals surface area contributed by atoms with Crippen LogP contribution >= 0.6 is 11.6 Å². The first kappa shape index (κ1) is 11.2. The van der Waals surface area contributed by atoms with Crippen LogP contribution in [0.5, 0.6) is 0 Å². The zero-order chi connectivity index (χ0) is 11.9. The van der Waals surface area contributed by atoms with Crippen molar-refractivity contribution in [1.82, 2.24) is 10.3 Å². The molecule has 16 heavy (non-hydrogen) atoms. The molecule has 0 aromatic carbocycles. The van der Waals surface area contributed by atoms with Crippen LogP contribution < -0.4 is 10.6 Å². The average molecular weight is 240 g/mol. The van der Waals surface area contributed by atoms with Gasteiger partial charge < -0.3 is 10.6 Å². The van der Waals surface area contributed by atoms with Crippen LogP contribution in [0.3, 0.4) is 0 Å². The molecular weight excluding hydrogens is 226 g/mol. The number of anilines is 1. The Bertz CT molecular complexity index is 439. The minimum atomic E-state index is -0.140. The van der Waals surface area contributed by atoms with Gasteiger partial charge in [0.1, 0.15) is 17.1 Å². The van der Waals surface area contributed by atoms with E-state index in [0.717, 1.165) is 0 Å². The van der Waals surface area contributed by atoms with Crippen molar-refractivity contribution < 1.29 is 4.79 Å². The molecule has 1 aromatic rings. The Morgan fingerprint density at radius 3 is 2.62 bits per heavy atom. The van der Waals surface area contributed by atoms with Crippen LogP contribution in [0.4, 0.5) is 5.82 Å². The molecule has 2 N–H and O–H groups in total. The molecule has 0 radical (unpaired) electrons. The molecule has 1 unspecified atom stereocenters. The summed E-state index contributed by atoms with van der Waals surface area (Å²) in [4.78, 5) is 15.9. The van der Waals surface area contributed by atoms with Crippen molar-refractivity contribution in [1.29, 1.82) is 0 Å². The highest BCUT2D eigenvalue weighted by Crippen LogP contribution is 2.27. The van der Waals surface area contributed by atoms with E-state index in [4.69, 9.17) is 11.6 Å². The van der Waals surface area contributed by atoms with Gasteiger partial charge in [-0.3, -0.25) is 4.79 Å². The highest BCUT2D eigenvalue weighted by atomic mass is 35.5. The van der Waals surface area contributed by atoms with Crippen molar-refractivity contribution in [3.05, 3.63) is 22.8 Å². The van der Waals surface area contributed by atoms with E-state index in [1.807, 2.05) is 20.8 Å². The number of hydrogen-bond acceptors (Lipinski definition) is 3. The van der Waals surface area contributed by atoms with Crippen LogP contribution in [-0.2, 0) is 0 Å². The molecule has 4 nitrogen and oxygen atoms in total. The number of nitrogens with zero attached hydrogens (tertiary/aromatic N) is 1. The quantitative estimate of drug-likeness (QED) is 0.683. The molecule has 1 aliphatic heterocycles. The number of rotatable bonds is 0. The smallest absolute Gasteiger partial charge is 0.256 e. The molecule has 0 saturated carbocycles. The maximum atomic E-state index is 11.8. The molecule has 2 heterocycles. The highest BCUT2D eigenvalue weighted by molar-refractivity contribution is 6.29. The second-order valence-electron chi connectivity index (χ2n) is 4.95. The number of amides is 1. The number of halogens is 1. The predicted molar refractivity (Wildman–Crippen MR) is 63.6 cm³/mol. The first-order chi connectivity index (χ1) is 7.38. The fraction of sp³-hybridized carbons (Fsp3) is 0.455. The second kappa shape index (κ2) is 3.63. The summed E-state index contributed by atoms with van der Waals surface area (Å²) in [6, 6.07) is 3.28. The number of carbonyl (C=O) groups excluding carboxylic acids is 1. The van der Waals surface area contributed by atoms with Crippen molar-refractivity contribution in [3.8, 4) is 0 Å². The fourth-order valence-corrected chi connectivity index (χ4v) is 1.69. The number of carbonyl (C=O) groups is 1. The molecular formula is C11H14ClN3O. The largest absolute Gasteiger partial charge is 0.349 e. The lowest BCUT2D eigenvalue weighted by molar-refractivity contribution is 0.0903. The third-order valence-corrected chi connectivity index (χ3v) is 2.74. The van der Waals surface area contributed by atoms with E-state index in [9.17, 15) is 4.79 Å². The second-order valence-corrected chi connectivity index (χ2v) is 5.33. The van der Waals surface area contributed by atoms with Crippen molar-refractivity contribution in [3.63, 3.8) is 0 Å². The molecule has 1 atom stereocenters. The van der Waals surface area contributed by atoms with Crippen LogP contribution in [-0.4, -0.2) is 17.1 Å². The highest BCUT2D eigenvalue weighted by Gasteiger charge is 2.32. The topological polar surface area (TPSA) is 54.0 Å². The van der Waals surface area contributed by atoms with Gasteiger partial charge in [-0.1, -0.05) is 32.4 Å². The average Bonchev–Trinajstić information content (AvgIpc) is 2.15. The summed E-state index contributed by atoms with van der Waals surface area (Å²) in [5.41, 5.74) is 0.446. The lowest BCUT2D eigenvalue weighted by Gasteiger charge is -2.36. The van der Waals surface area contributed by atoms with Gasteiger partial charge in [0.15, 0.2) is 0 Å². The van der Waals surface area contributed by atoms with Gasteiger partial charge in [-0.25, -0.2) is 4.98 Å². The molecule has 2 rings (SSSR count). The van der Waals surface area contributed by atoms with Crippen molar-refractivity contribution >= 4 is 23.3 Å². The van der Waals surface area contributed by atoms with Crippen LogP contribution in [0.1, 0.15) is 31.1 Å². The minimum Gasteiger partial charge on any atom is -0.349 e. The number of pyridine rings is 1. The van der Waals surface area contributed by atoms with E-state index >= 15 is 0 Å². The van der Waals surface area contributed by atoms with Gasteiger partial charge in [0.2, 0.25) is 0 Å². The molecule has 0 aliphatic carbocycles. The van der Waals surface area contributed by atoms with Gasteiger partial charge in [-0.15, -0.1) is 0 Å². The predicted octanol–water partition coefficient (Wildman–Crippen LogP) is 2.26. The zero-order valence-electron chi connectivity index (χ0n) is 9.47. The Balaban J connectivity index is 2.39. The molecule has 1 amide bonds. The van der Waals surface area contributed by atoms with Gasteiger partial charge in [0, 0.05) is 5.41 Å². The summed E-state index contributed by atoms with van der Waals surface area (Å²) < 4.78 is 0. The van der Waals surface area contributed by atoms with E-state index in [0.29, 0.717) is 16.5 Å². The van der Waals surface area contributed by atoms with Gasteiger partial charge in [0.25, 0.3) is 5.91 Å². The summed E-state index contributed by atoms with van der Waals surface area (Å²) in [5.74, 6) is 0.439. The molecule has 0 saturated heterocycles. The third-order valence-electron chi connectivity index (χ3n) is 2.53. The molecule has 0 fully saturated rings. The number of fused-ring (bicyclic) bond motifs is 1. The molecule has 0 spiro atoms. The Morgan fingerprint density at radius 1 is 1.31 bits per heavy atom. The SMILES string of the molecule is CC(C)(C)C1NC(=O)c2ccc(Cl)nc2N1. The summed E-state index contributed by atoms with van der Waals surface area (Å²) in [7, 11) is 0. The van der Waals surface area contributed by atoms with Crippen LogP contribution in [0.25, 0.3) is 0 Å². The van der Waals surface area contributed by atoms with Gasteiger partial charge in [-0.05, 0) is 12.1 Å². The van der Waals surface area contributed by atoms with E-state index in [2.05, 4.69) is 15.6 Å². The van der Waals surface area contributed by atoms with Crippen LogP contribution in [0, 0.1) is 5.41 Å². The maximum Gasteiger partial charge on any atom is 0.256 e. The first-order valence-corrected chi connectivity index (χ1v) is 5.49. The Kier molecular flexibility index (Phi) is 2.54. The van der Waals surface area contributed by atoms with E-state index < -0.39 is 0 Å². The van der Waals surface area contributed by atoms with Crippen molar-refractivity contribution in [2.45, 2.75) is 26.9 Å². The van der Waals surface area contributed by atoms with E-state index in [-0.39, 0.29) is 17.5 Å². The molecule has 86 valence electrons. The van der Waals surface area contributed by atoms with Gasteiger partial charge >= 0.3 is 0 Å². The summed E-state index contributed by atoms with van der Waals surface area (Å²) in [5, 5.41) is 6.46. The normalized spacial score (nSPS) is 19.8. The molecule has 5 heteroatoms. The Hall–Kier alpha value is -1.29. The minimum absolute atomic E-state index is 0.0860. The van der Waals surface area contributed by atoms with Gasteiger partial charge in [0.05, 0.1) is 5.56 Å². The number of hydrogen-bond donors (Lipinski definition) is 2.